The first-order valence-electron chi connectivity index (χ1n) is 4.85. The first-order chi connectivity index (χ1) is 8.25. The number of hydrogen-bond donors (Lipinski definition) is 0. The third-order valence-electron chi connectivity index (χ3n) is 2.50. The normalized spacial score (nSPS) is 12.0. The van der Waals surface area contributed by atoms with Crippen LogP contribution < -0.4 is 4.17 Å². The molecule has 0 aliphatic rings. The van der Waals surface area contributed by atoms with Crippen LogP contribution in [-0.4, -0.2) is 9.97 Å². The number of pyridine rings is 2. The predicted octanol–water partition coefficient (Wildman–Crippen LogP) is 3.73. The quantitative estimate of drug-likeness (QED) is 0.268. The number of hydrogen-bond acceptors (Lipinski definition) is 2. The van der Waals surface area contributed by atoms with Crippen LogP contribution in [0.2, 0.25) is 0 Å². The van der Waals surface area contributed by atoms with Crippen LogP contribution in [0, 0.1) is 0 Å². The molecule has 0 aliphatic heterocycles. The summed E-state index contributed by atoms with van der Waals surface area (Å²) < 4.78 is 1.21. The first kappa shape index (κ1) is 12.2. The minimum absolute atomic E-state index is 0.708. The first-order valence-corrected chi connectivity index (χ1v) is 14.9. The number of fused-ring (bicyclic) bond motifs is 3. The van der Waals surface area contributed by atoms with Crippen LogP contribution in [0.1, 0.15) is 0 Å². The molecule has 0 atom stereocenters. The number of nitrogens with zero attached hydrogens (tertiary/aromatic N) is 2. The van der Waals surface area contributed by atoms with Gasteiger partial charge in [0, 0.05) is 0 Å². The van der Waals surface area contributed by atoms with E-state index in [1.54, 1.807) is 0 Å². The van der Waals surface area contributed by atoms with Gasteiger partial charge in [0.25, 0.3) is 0 Å². The Hall–Kier alpha value is 0.162. The van der Waals surface area contributed by atoms with Gasteiger partial charge in [-0.05, 0) is 0 Å². The van der Waals surface area contributed by atoms with Crippen LogP contribution >= 0.6 is 39.0 Å². The summed E-state index contributed by atoms with van der Waals surface area (Å²) in [5.41, 5.74) is 2.03. The van der Waals surface area contributed by atoms with Crippen LogP contribution in [0.4, 0.5) is 0 Å². The van der Waals surface area contributed by atoms with Crippen molar-refractivity contribution in [1.82, 2.24) is 9.97 Å². The second-order valence-corrected chi connectivity index (χ2v) is 20.9. The standard InChI is InChI=1S/C12H7N2.2HI.Pd/c1-3-9-5-6-10-4-2-8-14-12(10)11(9)13-7-1;;;/h1-7H;2*1H;/q;;;+2/p-2. The van der Waals surface area contributed by atoms with Gasteiger partial charge in [-0.15, -0.1) is 0 Å². The number of benzene rings is 1. The van der Waals surface area contributed by atoms with Crippen molar-refractivity contribution in [2.75, 3.05) is 0 Å². The molecule has 2 heterocycles. The molecule has 2 aromatic heterocycles. The second-order valence-electron chi connectivity index (χ2n) is 3.48. The Morgan fingerprint density at radius 1 is 0.882 bits per heavy atom. The third kappa shape index (κ3) is 2.35. The van der Waals surface area contributed by atoms with Crippen molar-refractivity contribution < 1.29 is 9.53 Å². The van der Waals surface area contributed by atoms with Gasteiger partial charge in [0.1, 0.15) is 0 Å². The van der Waals surface area contributed by atoms with Gasteiger partial charge in [0.05, 0.1) is 0 Å². The van der Waals surface area contributed by atoms with E-state index >= 15 is 0 Å². The molecule has 3 rings (SSSR count). The molecule has 0 aliphatic carbocycles. The third-order valence-corrected chi connectivity index (χ3v) is 7.67. The van der Waals surface area contributed by atoms with Crippen molar-refractivity contribution in [3.05, 3.63) is 42.6 Å². The Morgan fingerprint density at radius 3 is 2.35 bits per heavy atom. The molecular weight excluding hydrogens is 532 g/mol. The van der Waals surface area contributed by atoms with Gasteiger partial charge >= 0.3 is 127 Å². The molecule has 0 bridgehead atoms. The van der Waals surface area contributed by atoms with Crippen molar-refractivity contribution in [1.29, 1.82) is 0 Å². The molecule has 3 aromatic rings. The van der Waals surface area contributed by atoms with Gasteiger partial charge in [-0.1, -0.05) is 0 Å². The summed E-state index contributed by atoms with van der Waals surface area (Å²) >= 11 is 4.97. The molecule has 0 saturated heterocycles. The molecule has 0 fully saturated rings. The summed E-state index contributed by atoms with van der Waals surface area (Å²) in [7, 11) is -0.708. The fourth-order valence-corrected chi connectivity index (χ4v) is 4.63. The van der Waals surface area contributed by atoms with Crippen molar-refractivity contribution >= 4 is 65.0 Å². The van der Waals surface area contributed by atoms with E-state index in [4.69, 9.17) is 4.98 Å². The van der Waals surface area contributed by atoms with E-state index in [0.29, 0.717) is 0 Å². The fraction of sp³-hybridized carbons (Fsp3) is 0. The van der Waals surface area contributed by atoms with E-state index in [-0.39, 0.29) is 0 Å². The summed E-state index contributed by atoms with van der Waals surface area (Å²) in [6.45, 7) is 0. The summed E-state index contributed by atoms with van der Waals surface area (Å²) in [6.07, 6.45) is 1.83. The average Bonchev–Trinajstić information content (AvgIpc) is 2.38. The summed E-state index contributed by atoms with van der Waals surface area (Å²) in [6, 6.07) is 12.5. The number of halogens is 2. The zero-order valence-corrected chi connectivity index (χ0v) is 14.4. The van der Waals surface area contributed by atoms with Gasteiger partial charge in [-0.3, -0.25) is 0 Å². The van der Waals surface area contributed by atoms with Crippen LogP contribution in [-0.2, 0) is 9.53 Å². The fourth-order valence-electron chi connectivity index (χ4n) is 1.75. The van der Waals surface area contributed by atoms with Gasteiger partial charge in [-0.2, -0.15) is 0 Å². The Balaban J connectivity index is 2.42. The Kier molecular flexibility index (Phi) is 3.62. The van der Waals surface area contributed by atoms with Gasteiger partial charge < -0.3 is 0 Å². The van der Waals surface area contributed by atoms with Crippen molar-refractivity contribution in [3.63, 3.8) is 0 Å². The Labute approximate surface area is 125 Å². The maximum atomic E-state index is 4.78. The van der Waals surface area contributed by atoms with E-state index < -0.39 is 9.53 Å². The molecule has 1 aromatic carbocycles. The van der Waals surface area contributed by atoms with E-state index in [0.717, 1.165) is 16.4 Å². The molecule has 0 radical (unpaired) electrons. The van der Waals surface area contributed by atoms with Gasteiger partial charge in [0.15, 0.2) is 0 Å². The van der Waals surface area contributed by atoms with E-state index in [2.05, 4.69) is 74.3 Å². The molecular formula is C12H7I2N2Pd. The molecule has 0 N–H and O–H groups in total. The molecule has 0 spiro atoms. The second kappa shape index (κ2) is 5.04. The monoisotopic (exact) mass is 539 g/mol. The van der Waals surface area contributed by atoms with Crippen LogP contribution in [0.5, 0.6) is 0 Å². The molecule has 5 heteroatoms. The molecule has 0 amide bonds. The number of rotatable bonds is 1. The topological polar surface area (TPSA) is 25.8 Å². The molecule has 17 heavy (non-hydrogen) atoms. The van der Waals surface area contributed by atoms with Crippen LogP contribution in [0.25, 0.3) is 21.8 Å². The number of aromatic nitrogens is 2. The summed E-state index contributed by atoms with van der Waals surface area (Å²) in [5, 5.41) is 2.32. The predicted molar refractivity (Wildman–Crippen MR) is 84.7 cm³/mol. The van der Waals surface area contributed by atoms with Gasteiger partial charge in [-0.25, -0.2) is 0 Å². The van der Waals surface area contributed by atoms with Crippen molar-refractivity contribution in [2.24, 2.45) is 0 Å². The SMILES string of the molecule is [I][Pd]([I])[c]1ccc2ccc3cccnc3c2n1. The van der Waals surface area contributed by atoms with Gasteiger partial charge in [0.2, 0.25) is 0 Å². The van der Waals surface area contributed by atoms with E-state index in [1.165, 1.54) is 9.55 Å². The van der Waals surface area contributed by atoms with Crippen molar-refractivity contribution in [2.45, 2.75) is 0 Å². The Morgan fingerprint density at radius 2 is 1.59 bits per heavy atom. The van der Waals surface area contributed by atoms with Crippen LogP contribution in [0.15, 0.2) is 42.6 Å². The maximum absolute atomic E-state index is 4.78. The average molecular weight is 539 g/mol. The Bertz CT molecular complexity index is 700. The zero-order valence-electron chi connectivity index (χ0n) is 8.51. The van der Waals surface area contributed by atoms with E-state index in [9.17, 15) is 0 Å². The van der Waals surface area contributed by atoms with Crippen LogP contribution in [0.3, 0.4) is 0 Å². The molecule has 89 valence electrons. The minimum atomic E-state index is -0.708. The molecule has 0 saturated carbocycles. The van der Waals surface area contributed by atoms with E-state index in [1.807, 2.05) is 12.3 Å². The van der Waals surface area contributed by atoms with Crippen molar-refractivity contribution in [3.8, 4) is 0 Å². The summed E-state index contributed by atoms with van der Waals surface area (Å²) in [5.74, 6) is 0. The zero-order chi connectivity index (χ0) is 11.8. The summed E-state index contributed by atoms with van der Waals surface area (Å²) in [4.78, 5) is 9.23. The molecule has 2 nitrogen and oxygen atoms in total. The molecule has 0 unspecified atom stereocenters.